The van der Waals surface area contributed by atoms with Crippen molar-refractivity contribution < 1.29 is 9.53 Å². The van der Waals surface area contributed by atoms with Gasteiger partial charge >= 0.3 is 11.7 Å². The standard InChI is InChI=1S/C24H23N5O3/c30-20(32-19-14-8-3-9-15-19)16-28-24(31)29-22(18-12-6-2-7-13-18)21(25-26-23(29)27-28)17-10-4-1-5-11-17/h1-2,4-7,10-13,19H,3,8-9,14-16H2. The van der Waals surface area contributed by atoms with Gasteiger partial charge in [0.15, 0.2) is 0 Å². The summed E-state index contributed by atoms with van der Waals surface area (Å²) in [4.78, 5) is 25.8. The molecule has 0 aliphatic heterocycles. The number of benzene rings is 2. The lowest BCUT2D eigenvalue weighted by molar-refractivity contribution is -0.151. The zero-order valence-electron chi connectivity index (χ0n) is 17.6. The van der Waals surface area contributed by atoms with Gasteiger partial charge in [0.05, 0.1) is 5.69 Å². The van der Waals surface area contributed by atoms with Crippen molar-refractivity contribution in [2.45, 2.75) is 44.8 Å². The number of aromatic nitrogens is 5. The van der Waals surface area contributed by atoms with Gasteiger partial charge in [0.2, 0.25) is 0 Å². The van der Waals surface area contributed by atoms with E-state index in [9.17, 15) is 9.59 Å². The van der Waals surface area contributed by atoms with Crippen LogP contribution in [-0.4, -0.2) is 36.5 Å². The third-order valence-electron chi connectivity index (χ3n) is 5.73. The first-order chi connectivity index (χ1) is 15.7. The van der Waals surface area contributed by atoms with Gasteiger partial charge in [-0.05, 0) is 25.7 Å². The maximum Gasteiger partial charge on any atom is 0.352 e. The van der Waals surface area contributed by atoms with Gasteiger partial charge in [-0.2, -0.15) is 4.68 Å². The molecule has 0 saturated heterocycles. The number of fused-ring (bicyclic) bond motifs is 1. The van der Waals surface area contributed by atoms with Crippen molar-refractivity contribution in [2.75, 3.05) is 0 Å². The SMILES string of the molecule is O=C(Cn1nc2nnc(-c3ccccc3)c(-c3ccccc3)n2c1=O)OC1CCCCC1. The number of hydrogen-bond donors (Lipinski definition) is 0. The summed E-state index contributed by atoms with van der Waals surface area (Å²) in [7, 11) is 0. The van der Waals surface area contributed by atoms with Crippen LogP contribution in [0, 0.1) is 0 Å². The molecule has 8 heteroatoms. The van der Waals surface area contributed by atoms with E-state index in [4.69, 9.17) is 4.74 Å². The molecule has 0 atom stereocenters. The fourth-order valence-corrected chi connectivity index (χ4v) is 4.19. The van der Waals surface area contributed by atoms with Crippen molar-refractivity contribution in [2.24, 2.45) is 0 Å². The minimum atomic E-state index is -0.458. The Morgan fingerprint density at radius 2 is 1.56 bits per heavy atom. The van der Waals surface area contributed by atoms with Gasteiger partial charge in [-0.25, -0.2) is 9.20 Å². The van der Waals surface area contributed by atoms with Crippen LogP contribution in [-0.2, 0) is 16.1 Å². The summed E-state index contributed by atoms with van der Waals surface area (Å²) in [6, 6.07) is 19.1. The van der Waals surface area contributed by atoms with Crippen molar-refractivity contribution in [1.82, 2.24) is 24.4 Å². The second-order valence-corrected chi connectivity index (χ2v) is 7.95. The molecule has 2 heterocycles. The Balaban J connectivity index is 1.57. The maximum atomic E-state index is 13.3. The normalized spacial score (nSPS) is 14.5. The molecule has 4 aromatic rings. The molecule has 5 rings (SSSR count). The number of hydrogen-bond acceptors (Lipinski definition) is 6. The zero-order chi connectivity index (χ0) is 21.9. The quantitative estimate of drug-likeness (QED) is 0.451. The molecule has 2 aromatic heterocycles. The highest BCUT2D eigenvalue weighted by Crippen LogP contribution is 2.29. The summed E-state index contributed by atoms with van der Waals surface area (Å²) >= 11 is 0. The fraction of sp³-hybridized carbons (Fsp3) is 0.292. The van der Waals surface area contributed by atoms with Crippen LogP contribution < -0.4 is 5.69 Å². The van der Waals surface area contributed by atoms with Crippen LogP contribution in [0.25, 0.3) is 28.3 Å². The highest BCUT2D eigenvalue weighted by molar-refractivity contribution is 5.79. The van der Waals surface area contributed by atoms with E-state index in [0.29, 0.717) is 11.4 Å². The molecule has 32 heavy (non-hydrogen) atoms. The lowest BCUT2D eigenvalue weighted by atomic mass is 9.98. The molecule has 0 radical (unpaired) electrons. The molecular formula is C24H23N5O3. The van der Waals surface area contributed by atoms with Gasteiger partial charge in [-0.1, -0.05) is 67.1 Å². The summed E-state index contributed by atoms with van der Waals surface area (Å²) in [6.45, 7) is -0.256. The molecule has 0 unspecified atom stereocenters. The largest absolute Gasteiger partial charge is 0.461 e. The highest BCUT2D eigenvalue weighted by Gasteiger charge is 2.22. The van der Waals surface area contributed by atoms with E-state index in [1.54, 1.807) is 0 Å². The van der Waals surface area contributed by atoms with Crippen LogP contribution in [0.2, 0.25) is 0 Å². The van der Waals surface area contributed by atoms with Crippen LogP contribution in [0.1, 0.15) is 32.1 Å². The summed E-state index contributed by atoms with van der Waals surface area (Å²) in [5.74, 6) is -0.320. The third-order valence-corrected chi connectivity index (χ3v) is 5.73. The molecule has 0 amide bonds. The Labute approximate surface area is 184 Å². The van der Waals surface area contributed by atoms with Gasteiger partial charge in [0, 0.05) is 11.1 Å². The van der Waals surface area contributed by atoms with E-state index in [-0.39, 0.29) is 18.4 Å². The van der Waals surface area contributed by atoms with Crippen molar-refractivity contribution in [1.29, 1.82) is 0 Å². The number of rotatable bonds is 5. The van der Waals surface area contributed by atoms with E-state index in [0.717, 1.165) is 41.5 Å². The van der Waals surface area contributed by atoms with Crippen LogP contribution in [0.15, 0.2) is 65.5 Å². The number of carbonyl (C=O) groups excluding carboxylic acids is 1. The van der Waals surface area contributed by atoms with E-state index >= 15 is 0 Å². The molecule has 0 N–H and O–H groups in total. The Morgan fingerprint density at radius 3 is 2.25 bits per heavy atom. The van der Waals surface area contributed by atoms with E-state index < -0.39 is 11.7 Å². The Kier molecular flexibility index (Phi) is 5.49. The van der Waals surface area contributed by atoms with Gasteiger partial charge < -0.3 is 4.74 Å². The third kappa shape index (κ3) is 3.91. The zero-order valence-corrected chi connectivity index (χ0v) is 17.6. The summed E-state index contributed by atoms with van der Waals surface area (Å²) in [5.41, 5.74) is 2.33. The van der Waals surface area contributed by atoms with Crippen molar-refractivity contribution in [3.8, 4) is 22.5 Å². The summed E-state index contributed by atoms with van der Waals surface area (Å²) in [5, 5.41) is 12.8. The second kappa shape index (κ2) is 8.74. The number of ether oxygens (including phenoxy) is 1. The monoisotopic (exact) mass is 429 g/mol. The molecule has 1 fully saturated rings. The summed E-state index contributed by atoms with van der Waals surface area (Å²) < 4.78 is 8.09. The molecule has 1 aliphatic rings. The summed E-state index contributed by atoms with van der Waals surface area (Å²) in [6.07, 6.45) is 4.96. The van der Waals surface area contributed by atoms with Gasteiger partial charge in [-0.15, -0.1) is 15.3 Å². The average Bonchev–Trinajstić information content (AvgIpc) is 3.15. The van der Waals surface area contributed by atoms with Crippen molar-refractivity contribution in [3.63, 3.8) is 0 Å². The molecular weight excluding hydrogens is 406 g/mol. The first kappa shape index (κ1) is 20.1. The lowest BCUT2D eigenvalue weighted by Gasteiger charge is -2.21. The van der Waals surface area contributed by atoms with E-state index in [2.05, 4.69) is 15.3 Å². The highest BCUT2D eigenvalue weighted by atomic mass is 16.5. The van der Waals surface area contributed by atoms with Crippen LogP contribution in [0.3, 0.4) is 0 Å². The first-order valence-electron chi connectivity index (χ1n) is 10.9. The Hall–Kier alpha value is -3.81. The Bertz CT molecular complexity index is 1290. The van der Waals surface area contributed by atoms with Crippen molar-refractivity contribution >= 4 is 11.7 Å². The van der Waals surface area contributed by atoms with Crippen molar-refractivity contribution in [3.05, 3.63) is 71.1 Å². The van der Waals surface area contributed by atoms with E-state index in [1.165, 1.54) is 10.8 Å². The molecule has 2 aromatic carbocycles. The second-order valence-electron chi connectivity index (χ2n) is 7.95. The predicted molar refractivity (Wildman–Crippen MR) is 119 cm³/mol. The molecule has 1 aliphatic carbocycles. The maximum absolute atomic E-state index is 13.3. The topological polar surface area (TPSA) is 91.4 Å². The predicted octanol–water partition coefficient (Wildman–Crippen LogP) is 3.50. The van der Waals surface area contributed by atoms with Crippen LogP contribution in [0.4, 0.5) is 0 Å². The van der Waals surface area contributed by atoms with Crippen LogP contribution >= 0.6 is 0 Å². The van der Waals surface area contributed by atoms with Gasteiger partial charge in [0.25, 0.3) is 5.78 Å². The van der Waals surface area contributed by atoms with Gasteiger partial charge in [0.1, 0.15) is 18.3 Å². The minimum absolute atomic E-state index is 0.0756. The molecule has 0 bridgehead atoms. The molecule has 0 spiro atoms. The average molecular weight is 429 g/mol. The minimum Gasteiger partial charge on any atom is -0.461 e. The molecule has 1 saturated carbocycles. The lowest BCUT2D eigenvalue weighted by Crippen LogP contribution is -2.29. The molecule has 162 valence electrons. The Morgan fingerprint density at radius 1 is 0.906 bits per heavy atom. The number of nitrogens with zero attached hydrogens (tertiary/aromatic N) is 5. The smallest absolute Gasteiger partial charge is 0.352 e. The van der Waals surface area contributed by atoms with Crippen LogP contribution in [0.5, 0.6) is 0 Å². The first-order valence-corrected chi connectivity index (χ1v) is 10.9. The molecule has 8 nitrogen and oxygen atoms in total. The van der Waals surface area contributed by atoms with E-state index in [1.807, 2.05) is 60.7 Å². The fourth-order valence-electron chi connectivity index (χ4n) is 4.19. The van der Waals surface area contributed by atoms with Gasteiger partial charge in [-0.3, -0.25) is 4.79 Å². The number of carbonyl (C=O) groups is 1. The number of esters is 1.